The fraction of sp³-hybridized carbons (Fsp3) is 1.00. The maximum Gasteiger partial charge on any atom is 0.700 e. The van der Waals surface area contributed by atoms with Gasteiger partial charge in [0.25, 0.3) is 0 Å². The Labute approximate surface area is 131 Å². The first-order valence-electron chi connectivity index (χ1n) is 4.70. The highest BCUT2D eigenvalue weighted by Crippen LogP contribution is 2.44. The molecule has 0 radical (unpaired) electrons. The molecule has 2 unspecified atom stereocenters. The zero-order valence-electron chi connectivity index (χ0n) is 9.01. The van der Waals surface area contributed by atoms with Crippen molar-refractivity contribution in [3.63, 3.8) is 0 Å². The SMILES string of the molecule is CCC(Br)(CBr)O[P+](=O)OC(Br)(CC)CBr. The molecule has 0 bridgehead atoms. The second-order valence-corrected chi connectivity index (χ2v) is 7.97. The third-order valence-electron chi connectivity index (χ3n) is 1.93. The highest BCUT2D eigenvalue weighted by Gasteiger charge is 2.43. The van der Waals surface area contributed by atoms with Gasteiger partial charge in [-0.3, -0.25) is 0 Å². The summed E-state index contributed by atoms with van der Waals surface area (Å²) in [5.74, 6) is 0. The van der Waals surface area contributed by atoms with Gasteiger partial charge in [0.15, 0.2) is 9.02 Å². The summed E-state index contributed by atoms with van der Waals surface area (Å²) < 4.78 is 21.1. The predicted molar refractivity (Wildman–Crippen MR) is 81.3 cm³/mol. The van der Waals surface area contributed by atoms with Crippen LogP contribution in [0, 0.1) is 0 Å². The molecule has 0 aromatic carbocycles. The Morgan fingerprint density at radius 1 is 1.00 bits per heavy atom. The lowest BCUT2D eigenvalue weighted by atomic mass is 10.3. The highest BCUT2D eigenvalue weighted by atomic mass is 79.9. The third kappa shape index (κ3) is 6.21. The van der Waals surface area contributed by atoms with Crippen LogP contribution in [0.4, 0.5) is 0 Å². The van der Waals surface area contributed by atoms with Crippen LogP contribution in [0.3, 0.4) is 0 Å². The normalized spacial score (nSPS) is 20.0. The van der Waals surface area contributed by atoms with Gasteiger partial charge in [-0.05, 0) is 44.7 Å². The molecule has 0 saturated carbocycles. The van der Waals surface area contributed by atoms with Crippen molar-refractivity contribution in [3.05, 3.63) is 0 Å². The topological polar surface area (TPSA) is 35.5 Å². The van der Waals surface area contributed by atoms with Crippen molar-refractivity contribution >= 4 is 72.0 Å². The van der Waals surface area contributed by atoms with Gasteiger partial charge in [-0.15, -0.1) is 0 Å². The van der Waals surface area contributed by atoms with Gasteiger partial charge in [-0.2, -0.15) is 0 Å². The minimum Gasteiger partial charge on any atom is -0.0999 e. The summed E-state index contributed by atoms with van der Waals surface area (Å²) in [6.45, 7) is 3.87. The van der Waals surface area contributed by atoms with E-state index >= 15 is 0 Å². The summed E-state index contributed by atoms with van der Waals surface area (Å²) >= 11 is 13.3. The highest BCUT2D eigenvalue weighted by molar-refractivity contribution is 9.12. The molecule has 2 atom stereocenters. The summed E-state index contributed by atoms with van der Waals surface area (Å²) in [6, 6.07) is 0. The van der Waals surface area contributed by atoms with Gasteiger partial charge in [-0.1, -0.05) is 54.8 Å². The van der Waals surface area contributed by atoms with Crippen LogP contribution in [0.5, 0.6) is 0 Å². The third-order valence-corrected chi connectivity index (χ3v) is 8.75. The van der Waals surface area contributed by atoms with Crippen molar-refractivity contribution in [2.75, 3.05) is 10.7 Å². The van der Waals surface area contributed by atoms with E-state index in [2.05, 4.69) is 63.7 Å². The van der Waals surface area contributed by atoms with E-state index in [9.17, 15) is 4.57 Å². The number of hydrogen-bond donors (Lipinski definition) is 0. The summed E-state index contributed by atoms with van der Waals surface area (Å²) in [7, 11) is -2.18. The van der Waals surface area contributed by atoms with Crippen molar-refractivity contribution in [2.45, 2.75) is 35.7 Å². The van der Waals surface area contributed by atoms with E-state index in [4.69, 9.17) is 9.05 Å². The second kappa shape index (κ2) is 8.18. The Hall–Kier alpha value is 1.94. The first-order valence-corrected chi connectivity index (χ1v) is 9.62. The van der Waals surface area contributed by atoms with Crippen LogP contribution < -0.4 is 0 Å². The Bertz CT molecular complexity index is 209. The number of hydrogen-bond acceptors (Lipinski definition) is 3. The van der Waals surface area contributed by atoms with Gasteiger partial charge in [0.05, 0.1) is 0 Å². The van der Waals surface area contributed by atoms with Crippen molar-refractivity contribution in [3.8, 4) is 0 Å². The first kappa shape index (κ1) is 17.9. The van der Waals surface area contributed by atoms with Gasteiger partial charge < -0.3 is 0 Å². The molecule has 8 heteroatoms. The largest absolute Gasteiger partial charge is 0.700 e. The van der Waals surface area contributed by atoms with Crippen molar-refractivity contribution in [2.24, 2.45) is 0 Å². The molecule has 0 rings (SSSR count). The van der Waals surface area contributed by atoms with E-state index in [-0.39, 0.29) is 0 Å². The van der Waals surface area contributed by atoms with Gasteiger partial charge >= 0.3 is 8.25 Å². The summed E-state index contributed by atoms with van der Waals surface area (Å²) in [4.78, 5) is 0. The standard InChI is InChI=1S/C8H14Br4O3P/c1-3-7(11,5-9)14-16(13)15-8(12,4-2)6-10/h3-6H2,1-2H3/q+1. The van der Waals surface area contributed by atoms with Crippen molar-refractivity contribution < 1.29 is 13.6 Å². The molecule has 0 aliphatic carbocycles. The Kier molecular flexibility index (Phi) is 9.17. The molecule has 0 amide bonds. The Morgan fingerprint density at radius 3 is 1.50 bits per heavy atom. The average Bonchev–Trinajstić information content (AvgIpc) is 2.28. The van der Waals surface area contributed by atoms with Crippen LogP contribution in [0.25, 0.3) is 0 Å². The van der Waals surface area contributed by atoms with Crippen molar-refractivity contribution in [1.29, 1.82) is 0 Å². The number of alkyl halides is 4. The monoisotopic (exact) mass is 505 g/mol. The Morgan fingerprint density at radius 2 is 1.31 bits per heavy atom. The minimum atomic E-state index is -2.18. The molecule has 3 nitrogen and oxygen atoms in total. The molecule has 0 heterocycles. The van der Waals surface area contributed by atoms with Crippen LogP contribution in [0.1, 0.15) is 26.7 Å². The molecule has 96 valence electrons. The molecule has 0 aromatic heterocycles. The smallest absolute Gasteiger partial charge is 0.0999 e. The van der Waals surface area contributed by atoms with Crippen LogP contribution in [-0.4, -0.2) is 19.7 Å². The van der Waals surface area contributed by atoms with E-state index in [1.165, 1.54) is 0 Å². The average molecular weight is 509 g/mol. The molecular formula is C8H14Br4O3P+. The predicted octanol–water partition coefficient (Wildman–Crippen LogP) is 5.47. The molecule has 0 aliphatic rings. The summed E-state index contributed by atoms with van der Waals surface area (Å²) in [5.41, 5.74) is 0. The maximum absolute atomic E-state index is 11.7. The first-order chi connectivity index (χ1) is 7.34. The van der Waals surface area contributed by atoms with E-state index in [1.54, 1.807) is 0 Å². The lowest BCUT2D eigenvalue weighted by molar-refractivity contribution is 0.121. The van der Waals surface area contributed by atoms with Gasteiger partial charge in [0, 0.05) is 15.2 Å². The molecule has 0 saturated heterocycles. The molecule has 0 N–H and O–H groups in total. The van der Waals surface area contributed by atoms with E-state index in [0.717, 1.165) is 0 Å². The minimum absolute atomic E-state index is 0.538. The fourth-order valence-electron chi connectivity index (χ4n) is 0.653. The molecule has 0 aromatic rings. The zero-order valence-corrected chi connectivity index (χ0v) is 16.3. The number of halogens is 4. The molecule has 0 spiro atoms. The summed E-state index contributed by atoms with van der Waals surface area (Å²) in [5, 5.41) is 1.08. The van der Waals surface area contributed by atoms with E-state index < -0.39 is 17.3 Å². The molecule has 0 fully saturated rings. The Balaban J connectivity index is 4.38. The van der Waals surface area contributed by atoms with Crippen LogP contribution in [0.2, 0.25) is 0 Å². The van der Waals surface area contributed by atoms with Crippen LogP contribution in [-0.2, 0) is 13.6 Å². The molecule has 0 aliphatic heterocycles. The zero-order chi connectivity index (χ0) is 12.8. The van der Waals surface area contributed by atoms with Gasteiger partial charge in [0.2, 0.25) is 0 Å². The number of rotatable bonds is 8. The maximum atomic E-state index is 11.7. The molecular weight excluding hydrogens is 495 g/mol. The lowest BCUT2D eigenvalue weighted by Gasteiger charge is -2.18. The van der Waals surface area contributed by atoms with Crippen LogP contribution in [0.15, 0.2) is 0 Å². The summed E-state index contributed by atoms with van der Waals surface area (Å²) in [6.07, 6.45) is 1.36. The van der Waals surface area contributed by atoms with Gasteiger partial charge in [0.1, 0.15) is 0 Å². The fourth-order valence-corrected chi connectivity index (χ4v) is 3.70. The van der Waals surface area contributed by atoms with Crippen LogP contribution >= 0.6 is 72.0 Å². The van der Waals surface area contributed by atoms with E-state index in [1.807, 2.05) is 13.8 Å². The lowest BCUT2D eigenvalue weighted by Crippen LogP contribution is -2.26. The van der Waals surface area contributed by atoms with Crippen molar-refractivity contribution in [1.82, 2.24) is 0 Å². The quantitative estimate of drug-likeness (QED) is 0.322. The van der Waals surface area contributed by atoms with Gasteiger partial charge in [-0.25, -0.2) is 0 Å². The van der Waals surface area contributed by atoms with E-state index in [0.29, 0.717) is 23.5 Å². The molecule has 16 heavy (non-hydrogen) atoms. The second-order valence-electron chi connectivity index (χ2n) is 3.15.